The standard InChI is InChI=1S/C9H17N3O2S/c1-8-9(7-11-12-8)6-10-4-3-5-15(2,13)14/h7,10H,3-6H2,1-2H3,(H,11,12). The summed E-state index contributed by atoms with van der Waals surface area (Å²) in [5, 5.41) is 9.92. The molecule has 0 atom stereocenters. The van der Waals surface area contributed by atoms with Crippen LogP contribution in [-0.2, 0) is 16.4 Å². The van der Waals surface area contributed by atoms with Gasteiger partial charge in [0, 0.05) is 24.1 Å². The molecule has 86 valence electrons. The maximum atomic E-state index is 10.8. The topological polar surface area (TPSA) is 74.8 Å². The summed E-state index contributed by atoms with van der Waals surface area (Å²) in [5.74, 6) is 0.240. The monoisotopic (exact) mass is 231 g/mol. The molecule has 6 heteroatoms. The number of aromatic amines is 1. The van der Waals surface area contributed by atoms with E-state index < -0.39 is 9.84 Å². The highest BCUT2D eigenvalue weighted by molar-refractivity contribution is 7.90. The van der Waals surface area contributed by atoms with Gasteiger partial charge < -0.3 is 5.32 Å². The van der Waals surface area contributed by atoms with Crippen LogP contribution in [0.25, 0.3) is 0 Å². The van der Waals surface area contributed by atoms with E-state index in [2.05, 4.69) is 15.5 Å². The van der Waals surface area contributed by atoms with Crippen LogP contribution in [0.5, 0.6) is 0 Å². The second-order valence-electron chi connectivity index (χ2n) is 3.68. The molecule has 0 saturated carbocycles. The summed E-state index contributed by atoms with van der Waals surface area (Å²) in [4.78, 5) is 0. The Morgan fingerprint density at radius 1 is 1.53 bits per heavy atom. The molecular formula is C9H17N3O2S. The predicted octanol–water partition coefficient (Wildman–Crippen LogP) is 0.242. The first-order chi connectivity index (χ1) is 6.99. The summed E-state index contributed by atoms with van der Waals surface area (Å²) in [6, 6.07) is 0. The molecule has 5 nitrogen and oxygen atoms in total. The lowest BCUT2D eigenvalue weighted by Crippen LogP contribution is -2.18. The minimum absolute atomic E-state index is 0.240. The molecular weight excluding hydrogens is 214 g/mol. The van der Waals surface area contributed by atoms with Crippen LogP contribution < -0.4 is 5.32 Å². The van der Waals surface area contributed by atoms with Crippen molar-refractivity contribution in [2.24, 2.45) is 0 Å². The summed E-state index contributed by atoms with van der Waals surface area (Å²) < 4.78 is 21.7. The summed E-state index contributed by atoms with van der Waals surface area (Å²) >= 11 is 0. The lowest BCUT2D eigenvalue weighted by atomic mass is 10.2. The number of nitrogens with zero attached hydrogens (tertiary/aromatic N) is 1. The van der Waals surface area contributed by atoms with Crippen molar-refractivity contribution >= 4 is 9.84 Å². The van der Waals surface area contributed by atoms with E-state index in [1.807, 2.05) is 6.92 Å². The Morgan fingerprint density at radius 2 is 2.27 bits per heavy atom. The number of hydrogen-bond donors (Lipinski definition) is 2. The number of sulfone groups is 1. The van der Waals surface area contributed by atoms with Gasteiger partial charge in [-0.3, -0.25) is 5.10 Å². The first-order valence-electron chi connectivity index (χ1n) is 4.86. The van der Waals surface area contributed by atoms with E-state index in [1.54, 1.807) is 6.20 Å². The third kappa shape index (κ3) is 4.94. The van der Waals surface area contributed by atoms with Crippen LogP contribution in [0.3, 0.4) is 0 Å². The van der Waals surface area contributed by atoms with Gasteiger partial charge in [-0.25, -0.2) is 8.42 Å². The zero-order chi connectivity index (χ0) is 11.3. The van der Waals surface area contributed by atoms with Crippen molar-refractivity contribution in [2.45, 2.75) is 19.9 Å². The van der Waals surface area contributed by atoms with E-state index in [1.165, 1.54) is 6.26 Å². The highest BCUT2D eigenvalue weighted by Crippen LogP contribution is 2.01. The average molecular weight is 231 g/mol. The molecule has 1 aromatic heterocycles. The maximum Gasteiger partial charge on any atom is 0.147 e. The van der Waals surface area contributed by atoms with Gasteiger partial charge in [0.1, 0.15) is 9.84 Å². The van der Waals surface area contributed by atoms with Crippen molar-refractivity contribution < 1.29 is 8.42 Å². The van der Waals surface area contributed by atoms with Crippen molar-refractivity contribution in [3.8, 4) is 0 Å². The molecule has 0 unspecified atom stereocenters. The van der Waals surface area contributed by atoms with Gasteiger partial charge in [0.25, 0.3) is 0 Å². The summed E-state index contributed by atoms with van der Waals surface area (Å²) in [6.45, 7) is 3.39. The van der Waals surface area contributed by atoms with Crippen LogP contribution in [0.15, 0.2) is 6.20 Å². The third-order valence-corrected chi connectivity index (χ3v) is 3.15. The quantitative estimate of drug-likeness (QED) is 0.688. The molecule has 2 N–H and O–H groups in total. The first kappa shape index (κ1) is 12.2. The molecule has 0 bridgehead atoms. The van der Waals surface area contributed by atoms with Crippen LogP contribution in [0.4, 0.5) is 0 Å². The lowest BCUT2D eigenvalue weighted by molar-refractivity contribution is 0.594. The number of H-pyrrole nitrogens is 1. The largest absolute Gasteiger partial charge is 0.313 e. The maximum absolute atomic E-state index is 10.8. The fourth-order valence-corrected chi connectivity index (χ4v) is 1.91. The fraction of sp³-hybridized carbons (Fsp3) is 0.667. The molecule has 1 rings (SSSR count). The van der Waals surface area contributed by atoms with Gasteiger partial charge in [0.2, 0.25) is 0 Å². The van der Waals surface area contributed by atoms with Crippen molar-refractivity contribution in [2.75, 3.05) is 18.6 Å². The number of rotatable bonds is 6. The number of aromatic nitrogens is 2. The molecule has 0 saturated heterocycles. The van der Waals surface area contributed by atoms with Gasteiger partial charge in [0.15, 0.2) is 0 Å². The lowest BCUT2D eigenvalue weighted by Gasteiger charge is -2.02. The zero-order valence-corrected chi connectivity index (χ0v) is 9.89. The number of nitrogens with one attached hydrogen (secondary N) is 2. The van der Waals surface area contributed by atoms with Crippen LogP contribution in [0.1, 0.15) is 17.7 Å². The Morgan fingerprint density at radius 3 is 2.80 bits per heavy atom. The molecule has 15 heavy (non-hydrogen) atoms. The minimum Gasteiger partial charge on any atom is -0.313 e. The Bertz CT molecular complexity index is 397. The molecule has 0 aliphatic heterocycles. The molecule has 0 amide bonds. The summed E-state index contributed by atoms with van der Waals surface area (Å²) in [7, 11) is -2.83. The normalized spacial score (nSPS) is 11.9. The highest BCUT2D eigenvalue weighted by atomic mass is 32.2. The fourth-order valence-electron chi connectivity index (χ4n) is 1.24. The van der Waals surface area contributed by atoms with Gasteiger partial charge in [0.05, 0.1) is 11.9 Å². The second-order valence-corrected chi connectivity index (χ2v) is 5.94. The molecule has 0 aliphatic rings. The third-order valence-electron chi connectivity index (χ3n) is 2.12. The number of hydrogen-bond acceptors (Lipinski definition) is 4. The molecule has 0 aliphatic carbocycles. The van der Waals surface area contributed by atoms with Crippen LogP contribution in [-0.4, -0.2) is 37.2 Å². The van der Waals surface area contributed by atoms with E-state index in [0.717, 1.165) is 17.8 Å². The Labute approximate surface area is 90.2 Å². The second kappa shape index (κ2) is 5.27. The van der Waals surface area contributed by atoms with Crippen molar-refractivity contribution in [3.05, 3.63) is 17.5 Å². The van der Waals surface area contributed by atoms with E-state index in [9.17, 15) is 8.42 Å². The Hall–Kier alpha value is -0.880. The molecule has 0 fully saturated rings. The molecule has 0 radical (unpaired) electrons. The van der Waals surface area contributed by atoms with Crippen molar-refractivity contribution in [1.82, 2.24) is 15.5 Å². The first-order valence-corrected chi connectivity index (χ1v) is 6.92. The van der Waals surface area contributed by atoms with E-state index in [0.29, 0.717) is 13.0 Å². The van der Waals surface area contributed by atoms with Crippen molar-refractivity contribution in [3.63, 3.8) is 0 Å². The molecule has 1 aromatic rings. The van der Waals surface area contributed by atoms with Crippen LogP contribution in [0.2, 0.25) is 0 Å². The van der Waals surface area contributed by atoms with E-state index in [-0.39, 0.29) is 5.75 Å². The Balaban J connectivity index is 2.15. The summed E-state index contributed by atoms with van der Waals surface area (Å²) in [6.07, 6.45) is 3.68. The minimum atomic E-state index is -2.83. The molecule has 1 heterocycles. The number of aryl methyl sites for hydroxylation is 1. The van der Waals surface area contributed by atoms with Gasteiger partial charge >= 0.3 is 0 Å². The van der Waals surface area contributed by atoms with Crippen LogP contribution >= 0.6 is 0 Å². The van der Waals surface area contributed by atoms with E-state index in [4.69, 9.17) is 0 Å². The van der Waals surface area contributed by atoms with Gasteiger partial charge in [-0.05, 0) is 19.9 Å². The Kier molecular flexibility index (Phi) is 4.28. The SMILES string of the molecule is Cc1[nH]ncc1CNCCCS(C)(=O)=O. The van der Waals surface area contributed by atoms with E-state index >= 15 is 0 Å². The molecule has 0 aromatic carbocycles. The average Bonchev–Trinajstić information content (AvgIpc) is 2.49. The smallest absolute Gasteiger partial charge is 0.147 e. The van der Waals surface area contributed by atoms with Gasteiger partial charge in [-0.2, -0.15) is 5.10 Å². The predicted molar refractivity (Wildman–Crippen MR) is 59.4 cm³/mol. The highest BCUT2D eigenvalue weighted by Gasteiger charge is 2.02. The van der Waals surface area contributed by atoms with Gasteiger partial charge in [-0.15, -0.1) is 0 Å². The zero-order valence-electron chi connectivity index (χ0n) is 9.08. The summed E-state index contributed by atoms with van der Waals surface area (Å²) in [5.41, 5.74) is 2.17. The van der Waals surface area contributed by atoms with Crippen LogP contribution in [0, 0.1) is 6.92 Å². The molecule has 0 spiro atoms. The van der Waals surface area contributed by atoms with Crippen molar-refractivity contribution in [1.29, 1.82) is 0 Å². The van der Waals surface area contributed by atoms with Gasteiger partial charge in [-0.1, -0.05) is 0 Å².